The number of anilines is 2. The van der Waals surface area contributed by atoms with Crippen LogP contribution in [0.5, 0.6) is 5.88 Å². The van der Waals surface area contributed by atoms with Crippen molar-refractivity contribution in [3.8, 4) is 5.88 Å². The molecule has 0 saturated carbocycles. The molecule has 110 valence electrons. The predicted molar refractivity (Wildman–Crippen MR) is 77.2 cm³/mol. The van der Waals surface area contributed by atoms with Crippen molar-refractivity contribution in [2.45, 2.75) is 0 Å². The molecule has 7 heteroatoms. The molecule has 1 aliphatic rings. The van der Waals surface area contributed by atoms with E-state index >= 15 is 0 Å². The molecular weight excluding hydrogens is 273 g/mol. The van der Waals surface area contributed by atoms with Crippen molar-refractivity contribution in [1.29, 1.82) is 0 Å². The molecule has 1 aliphatic heterocycles. The summed E-state index contributed by atoms with van der Waals surface area (Å²) in [6.07, 6.45) is 3.30. The van der Waals surface area contributed by atoms with Crippen molar-refractivity contribution in [2.24, 2.45) is 0 Å². The molecule has 0 N–H and O–H groups in total. The first-order valence-corrected chi connectivity index (χ1v) is 6.75. The van der Waals surface area contributed by atoms with Gasteiger partial charge >= 0.3 is 0 Å². The summed E-state index contributed by atoms with van der Waals surface area (Å²) in [4.78, 5) is 16.6. The van der Waals surface area contributed by atoms with Gasteiger partial charge in [-0.15, -0.1) is 0 Å². The second kappa shape index (κ2) is 5.90. The lowest BCUT2D eigenvalue weighted by Gasteiger charge is -2.35. The number of rotatable bonds is 3. The fourth-order valence-electron chi connectivity index (χ4n) is 2.33. The first-order chi connectivity index (χ1) is 10.3. The minimum Gasteiger partial charge on any atom is -0.480 e. The Morgan fingerprint density at radius 3 is 2.38 bits per heavy atom. The Bertz CT molecular complexity index is 616. The number of hydrogen-bond donors (Lipinski definition) is 0. The number of methoxy groups -OCH3 is 1. The van der Waals surface area contributed by atoms with Crippen molar-refractivity contribution < 1.29 is 9.13 Å². The lowest BCUT2D eigenvalue weighted by molar-refractivity contribution is 0.395. The maximum Gasteiger partial charge on any atom is 0.233 e. The van der Waals surface area contributed by atoms with E-state index in [9.17, 15) is 4.39 Å². The Kier molecular flexibility index (Phi) is 3.81. The van der Waals surface area contributed by atoms with Crippen molar-refractivity contribution in [3.05, 3.63) is 36.5 Å². The molecule has 2 aromatic rings. The van der Waals surface area contributed by atoms with E-state index in [0.717, 1.165) is 32.0 Å². The molecule has 6 nitrogen and oxygen atoms in total. The van der Waals surface area contributed by atoms with Gasteiger partial charge in [0.15, 0.2) is 5.82 Å². The molecule has 0 amide bonds. The topological polar surface area (TPSA) is 54.4 Å². The van der Waals surface area contributed by atoms with Gasteiger partial charge in [0.05, 0.1) is 19.5 Å². The van der Waals surface area contributed by atoms with Crippen LogP contribution in [-0.4, -0.2) is 48.2 Å². The third-order valence-electron chi connectivity index (χ3n) is 3.44. The summed E-state index contributed by atoms with van der Waals surface area (Å²) in [5.41, 5.74) is 0. The lowest BCUT2D eigenvalue weighted by Crippen LogP contribution is -2.47. The maximum absolute atomic E-state index is 13.2. The van der Waals surface area contributed by atoms with E-state index in [1.807, 2.05) is 6.07 Å². The number of aromatic nitrogens is 3. The van der Waals surface area contributed by atoms with Gasteiger partial charge in [0.25, 0.3) is 0 Å². The van der Waals surface area contributed by atoms with Crippen LogP contribution in [0.15, 0.2) is 30.6 Å². The SMILES string of the molecule is COc1cncc(N2CCN(c3cccc(F)n3)CC2)n1. The van der Waals surface area contributed by atoms with Gasteiger partial charge in [-0.3, -0.25) is 4.98 Å². The molecule has 21 heavy (non-hydrogen) atoms. The monoisotopic (exact) mass is 289 g/mol. The highest BCUT2D eigenvalue weighted by molar-refractivity contribution is 5.44. The smallest absolute Gasteiger partial charge is 0.233 e. The molecule has 3 heterocycles. The first kappa shape index (κ1) is 13.5. The van der Waals surface area contributed by atoms with Gasteiger partial charge in [-0.2, -0.15) is 9.37 Å². The quantitative estimate of drug-likeness (QED) is 0.795. The largest absolute Gasteiger partial charge is 0.480 e. The second-order valence-electron chi connectivity index (χ2n) is 4.71. The van der Waals surface area contributed by atoms with Crippen LogP contribution < -0.4 is 14.5 Å². The first-order valence-electron chi connectivity index (χ1n) is 6.75. The molecule has 2 aromatic heterocycles. The van der Waals surface area contributed by atoms with Crippen LogP contribution >= 0.6 is 0 Å². The van der Waals surface area contributed by atoms with Gasteiger partial charge < -0.3 is 14.5 Å². The highest BCUT2D eigenvalue weighted by atomic mass is 19.1. The Hall–Kier alpha value is -2.44. The summed E-state index contributed by atoms with van der Waals surface area (Å²) in [6.45, 7) is 3.07. The van der Waals surface area contributed by atoms with E-state index in [0.29, 0.717) is 11.7 Å². The zero-order chi connectivity index (χ0) is 14.7. The third-order valence-corrected chi connectivity index (χ3v) is 3.44. The molecular formula is C14H16FN5O. The highest BCUT2D eigenvalue weighted by Crippen LogP contribution is 2.18. The molecule has 0 radical (unpaired) electrons. The summed E-state index contributed by atoms with van der Waals surface area (Å²) in [7, 11) is 1.57. The second-order valence-corrected chi connectivity index (χ2v) is 4.71. The van der Waals surface area contributed by atoms with Gasteiger partial charge in [0, 0.05) is 26.2 Å². The van der Waals surface area contributed by atoms with Crippen molar-refractivity contribution in [2.75, 3.05) is 43.1 Å². The summed E-state index contributed by atoms with van der Waals surface area (Å²) < 4.78 is 18.3. The number of hydrogen-bond acceptors (Lipinski definition) is 6. The van der Waals surface area contributed by atoms with Gasteiger partial charge in [0.2, 0.25) is 11.8 Å². The molecule has 0 aromatic carbocycles. The van der Waals surface area contributed by atoms with Crippen LogP contribution in [0.2, 0.25) is 0 Å². The summed E-state index contributed by atoms with van der Waals surface area (Å²) in [6, 6.07) is 4.85. The summed E-state index contributed by atoms with van der Waals surface area (Å²) >= 11 is 0. The number of piperazine rings is 1. The zero-order valence-electron chi connectivity index (χ0n) is 11.7. The Morgan fingerprint density at radius 2 is 1.71 bits per heavy atom. The minimum atomic E-state index is -0.450. The average molecular weight is 289 g/mol. The minimum absolute atomic E-state index is 0.450. The van der Waals surface area contributed by atoms with Gasteiger partial charge in [-0.05, 0) is 12.1 Å². The van der Waals surface area contributed by atoms with Crippen molar-refractivity contribution in [1.82, 2.24) is 15.0 Å². The molecule has 0 atom stereocenters. The van der Waals surface area contributed by atoms with Crippen LogP contribution in [0.25, 0.3) is 0 Å². The van der Waals surface area contributed by atoms with Crippen LogP contribution in [0.1, 0.15) is 0 Å². The van der Waals surface area contributed by atoms with Gasteiger partial charge in [-0.25, -0.2) is 4.98 Å². The van der Waals surface area contributed by atoms with Crippen LogP contribution in [0.4, 0.5) is 16.0 Å². The molecule has 0 unspecified atom stereocenters. The van der Waals surface area contributed by atoms with E-state index in [4.69, 9.17) is 4.74 Å². The molecule has 3 rings (SSSR count). The van der Waals surface area contributed by atoms with Crippen LogP contribution in [0.3, 0.4) is 0 Å². The molecule has 0 spiro atoms. The molecule has 1 saturated heterocycles. The standard InChI is InChI=1S/C14H16FN5O/c1-21-14-10-16-9-13(18-14)20-7-5-19(6-8-20)12-4-2-3-11(15)17-12/h2-4,9-10H,5-8H2,1H3. The van der Waals surface area contributed by atoms with E-state index in [-0.39, 0.29) is 0 Å². The van der Waals surface area contributed by atoms with Crippen LogP contribution in [-0.2, 0) is 0 Å². The Balaban J connectivity index is 1.67. The number of ether oxygens (including phenoxy) is 1. The number of nitrogens with zero attached hydrogens (tertiary/aromatic N) is 5. The fraction of sp³-hybridized carbons (Fsp3) is 0.357. The molecule has 0 aliphatic carbocycles. The zero-order valence-corrected chi connectivity index (χ0v) is 11.7. The summed E-state index contributed by atoms with van der Waals surface area (Å²) in [5, 5.41) is 0. The Morgan fingerprint density at radius 1 is 1.00 bits per heavy atom. The molecule has 0 bridgehead atoms. The predicted octanol–water partition coefficient (Wildman–Crippen LogP) is 1.35. The lowest BCUT2D eigenvalue weighted by atomic mass is 10.3. The Labute approximate surface area is 122 Å². The van der Waals surface area contributed by atoms with E-state index in [1.165, 1.54) is 6.07 Å². The van der Waals surface area contributed by atoms with Crippen molar-refractivity contribution >= 4 is 11.6 Å². The fourth-order valence-corrected chi connectivity index (χ4v) is 2.33. The van der Waals surface area contributed by atoms with E-state index in [2.05, 4.69) is 24.8 Å². The maximum atomic E-state index is 13.2. The number of halogens is 1. The van der Waals surface area contributed by atoms with Gasteiger partial charge in [0.1, 0.15) is 5.82 Å². The van der Waals surface area contributed by atoms with E-state index in [1.54, 1.807) is 25.6 Å². The highest BCUT2D eigenvalue weighted by Gasteiger charge is 2.19. The third kappa shape index (κ3) is 3.01. The number of pyridine rings is 1. The van der Waals surface area contributed by atoms with Gasteiger partial charge in [-0.1, -0.05) is 6.07 Å². The van der Waals surface area contributed by atoms with E-state index < -0.39 is 5.95 Å². The molecule has 1 fully saturated rings. The normalized spacial score (nSPS) is 15.1. The average Bonchev–Trinajstić information content (AvgIpc) is 2.55. The summed E-state index contributed by atoms with van der Waals surface area (Å²) in [5.74, 6) is 1.52. The van der Waals surface area contributed by atoms with Crippen molar-refractivity contribution in [3.63, 3.8) is 0 Å². The van der Waals surface area contributed by atoms with Crippen LogP contribution in [0, 0.1) is 5.95 Å².